The highest BCUT2D eigenvalue weighted by Gasteiger charge is 2.36. The lowest BCUT2D eigenvalue weighted by molar-refractivity contribution is 0.0515. The second-order valence-electron chi connectivity index (χ2n) is 6.88. The van der Waals surface area contributed by atoms with Crippen molar-refractivity contribution in [3.8, 4) is 0 Å². The molecule has 2 heterocycles. The quantitative estimate of drug-likeness (QED) is 0.815. The maximum Gasteiger partial charge on any atom is 0.410 e. The fourth-order valence-corrected chi connectivity index (χ4v) is 3.32. The Morgan fingerprint density at radius 2 is 1.92 bits per heavy atom. The third-order valence-electron chi connectivity index (χ3n) is 4.56. The Morgan fingerprint density at radius 3 is 2.46 bits per heavy atom. The topological polar surface area (TPSA) is 58.6 Å². The number of carbonyl (C=O) groups is 1. The average Bonchev–Trinajstić information content (AvgIpc) is 3.39. The zero-order valence-corrected chi connectivity index (χ0v) is 15.1. The molecule has 132 valence electrons. The van der Waals surface area contributed by atoms with Crippen LogP contribution in [-0.4, -0.2) is 57.1 Å². The maximum atomic E-state index is 12.0. The second kappa shape index (κ2) is 7.66. The number of ether oxygens (including phenoxy) is 1. The molecule has 0 spiro atoms. The molecule has 1 amide bonds. The normalized spacial score (nSPS) is 19.1. The average molecular weight is 353 g/mol. The van der Waals surface area contributed by atoms with Crippen LogP contribution in [0.15, 0.2) is 12.4 Å². The van der Waals surface area contributed by atoms with Crippen LogP contribution in [0.1, 0.15) is 45.2 Å². The van der Waals surface area contributed by atoms with Gasteiger partial charge in [-0.1, -0.05) is 11.6 Å². The fourth-order valence-electron chi connectivity index (χ4n) is 3.23. The van der Waals surface area contributed by atoms with Crippen LogP contribution in [0.5, 0.6) is 0 Å². The van der Waals surface area contributed by atoms with Gasteiger partial charge >= 0.3 is 6.09 Å². The molecular weight excluding hydrogens is 328 g/mol. The van der Waals surface area contributed by atoms with Gasteiger partial charge in [0.05, 0.1) is 24.2 Å². The summed E-state index contributed by atoms with van der Waals surface area (Å²) in [6.07, 6.45) is 7.55. The lowest BCUT2D eigenvalue weighted by atomic mass is 10.0. The molecule has 1 aromatic heterocycles. The molecule has 2 fully saturated rings. The first-order valence-corrected chi connectivity index (χ1v) is 9.08. The van der Waals surface area contributed by atoms with Gasteiger partial charge in [0.25, 0.3) is 0 Å². The van der Waals surface area contributed by atoms with Gasteiger partial charge in [-0.05, 0) is 39.5 Å². The van der Waals surface area contributed by atoms with Crippen molar-refractivity contribution in [2.24, 2.45) is 0 Å². The molecular formula is C17H25ClN4O2. The third-order valence-corrected chi connectivity index (χ3v) is 4.76. The van der Waals surface area contributed by atoms with E-state index in [1.165, 1.54) is 12.8 Å². The predicted molar refractivity (Wildman–Crippen MR) is 91.8 cm³/mol. The number of halogens is 1. The summed E-state index contributed by atoms with van der Waals surface area (Å²) in [5.41, 5.74) is 0.952. The molecule has 1 aliphatic carbocycles. The number of aromatic nitrogens is 2. The van der Waals surface area contributed by atoms with Crippen molar-refractivity contribution >= 4 is 17.7 Å². The monoisotopic (exact) mass is 352 g/mol. The Kier molecular flexibility index (Phi) is 5.56. The Labute approximate surface area is 148 Å². The Hall–Kier alpha value is -1.40. The summed E-state index contributed by atoms with van der Waals surface area (Å²) in [6.45, 7) is 6.08. The molecule has 7 heteroatoms. The van der Waals surface area contributed by atoms with Gasteiger partial charge < -0.3 is 9.64 Å². The first-order valence-electron chi connectivity index (χ1n) is 8.70. The van der Waals surface area contributed by atoms with Crippen LogP contribution in [0.25, 0.3) is 0 Å². The summed E-state index contributed by atoms with van der Waals surface area (Å²) in [7, 11) is 0. The van der Waals surface area contributed by atoms with E-state index in [1.807, 2.05) is 18.7 Å². The number of rotatable bonds is 5. The van der Waals surface area contributed by atoms with Crippen molar-refractivity contribution in [2.75, 3.05) is 13.1 Å². The molecule has 2 aliphatic rings. The number of nitrogens with zero attached hydrogens (tertiary/aromatic N) is 4. The van der Waals surface area contributed by atoms with E-state index in [-0.39, 0.29) is 12.2 Å². The van der Waals surface area contributed by atoms with Crippen molar-refractivity contribution in [1.82, 2.24) is 19.8 Å². The van der Waals surface area contributed by atoms with Crippen LogP contribution in [-0.2, 0) is 11.3 Å². The van der Waals surface area contributed by atoms with Crippen molar-refractivity contribution in [3.05, 3.63) is 23.2 Å². The smallest absolute Gasteiger partial charge is 0.410 e. The van der Waals surface area contributed by atoms with E-state index in [1.54, 1.807) is 12.4 Å². The molecule has 6 nitrogen and oxygen atoms in total. The first-order chi connectivity index (χ1) is 11.5. The molecule has 3 rings (SSSR count). The van der Waals surface area contributed by atoms with Gasteiger partial charge in [-0.25, -0.2) is 9.78 Å². The first kappa shape index (κ1) is 17.4. The zero-order valence-electron chi connectivity index (χ0n) is 14.3. The van der Waals surface area contributed by atoms with E-state index < -0.39 is 0 Å². The largest absolute Gasteiger partial charge is 0.447 e. The van der Waals surface area contributed by atoms with E-state index in [2.05, 4.69) is 14.9 Å². The standard InChI is InChI=1S/C17H25ClN4O2/c1-12(2)24-17(23)21-7-5-15(6-8-21)22(14-3-4-14)11-13-9-20-16(18)10-19-13/h9-10,12,14-15H,3-8,11H2,1-2H3. The number of piperidine rings is 1. The van der Waals surface area contributed by atoms with Gasteiger partial charge in [0, 0.05) is 31.7 Å². The summed E-state index contributed by atoms with van der Waals surface area (Å²) in [6, 6.07) is 1.12. The van der Waals surface area contributed by atoms with Gasteiger partial charge in [0.2, 0.25) is 0 Å². The molecule has 1 saturated heterocycles. The lowest BCUT2D eigenvalue weighted by Gasteiger charge is -2.38. The van der Waals surface area contributed by atoms with Crippen molar-refractivity contribution in [3.63, 3.8) is 0 Å². The SMILES string of the molecule is CC(C)OC(=O)N1CCC(N(Cc2cnc(Cl)cn2)C2CC2)CC1. The van der Waals surface area contributed by atoms with Gasteiger partial charge in [-0.2, -0.15) is 0 Å². The van der Waals surface area contributed by atoms with E-state index in [9.17, 15) is 4.79 Å². The number of hydrogen-bond acceptors (Lipinski definition) is 5. The molecule has 1 aromatic rings. The van der Waals surface area contributed by atoms with E-state index in [0.29, 0.717) is 17.2 Å². The lowest BCUT2D eigenvalue weighted by Crippen LogP contribution is -2.47. The molecule has 0 unspecified atom stereocenters. The van der Waals surface area contributed by atoms with E-state index in [4.69, 9.17) is 16.3 Å². The Balaban J connectivity index is 1.56. The minimum absolute atomic E-state index is 0.0679. The second-order valence-corrected chi connectivity index (χ2v) is 7.27. The fraction of sp³-hybridized carbons (Fsp3) is 0.706. The van der Waals surface area contributed by atoms with Crippen LogP contribution in [0, 0.1) is 0 Å². The van der Waals surface area contributed by atoms with Crippen molar-refractivity contribution < 1.29 is 9.53 Å². The predicted octanol–water partition coefficient (Wildman–Crippen LogP) is 3.10. The molecule has 0 radical (unpaired) electrons. The number of hydrogen-bond donors (Lipinski definition) is 0. The van der Waals surface area contributed by atoms with Crippen LogP contribution < -0.4 is 0 Å². The third kappa shape index (κ3) is 4.57. The minimum atomic E-state index is -0.190. The zero-order chi connectivity index (χ0) is 17.1. The molecule has 0 atom stereocenters. The summed E-state index contributed by atoms with van der Waals surface area (Å²) in [5, 5.41) is 0.425. The Morgan fingerprint density at radius 1 is 1.25 bits per heavy atom. The van der Waals surface area contributed by atoms with E-state index >= 15 is 0 Å². The van der Waals surface area contributed by atoms with Crippen LogP contribution in [0.3, 0.4) is 0 Å². The molecule has 1 saturated carbocycles. The van der Waals surface area contributed by atoms with Gasteiger partial charge in [0.1, 0.15) is 5.15 Å². The minimum Gasteiger partial charge on any atom is -0.447 e. The van der Waals surface area contributed by atoms with Crippen molar-refractivity contribution in [2.45, 2.75) is 64.3 Å². The van der Waals surface area contributed by atoms with E-state index in [0.717, 1.165) is 38.2 Å². The Bertz CT molecular complexity index is 554. The van der Waals surface area contributed by atoms with Gasteiger partial charge in [-0.15, -0.1) is 0 Å². The van der Waals surface area contributed by atoms with Crippen LogP contribution in [0.2, 0.25) is 5.15 Å². The summed E-state index contributed by atoms with van der Waals surface area (Å²) in [5.74, 6) is 0. The number of likely N-dealkylation sites (tertiary alicyclic amines) is 1. The molecule has 1 aliphatic heterocycles. The molecule has 0 bridgehead atoms. The molecule has 0 N–H and O–H groups in total. The number of amides is 1. The van der Waals surface area contributed by atoms with Gasteiger partial charge in [0.15, 0.2) is 0 Å². The summed E-state index contributed by atoms with van der Waals surface area (Å²) < 4.78 is 5.29. The highest BCUT2D eigenvalue weighted by atomic mass is 35.5. The van der Waals surface area contributed by atoms with Crippen LogP contribution >= 0.6 is 11.6 Å². The van der Waals surface area contributed by atoms with Gasteiger partial charge in [-0.3, -0.25) is 9.88 Å². The molecule has 0 aromatic carbocycles. The summed E-state index contributed by atoms with van der Waals surface area (Å²) in [4.78, 5) is 24.9. The maximum absolute atomic E-state index is 12.0. The number of carbonyl (C=O) groups excluding carboxylic acids is 1. The van der Waals surface area contributed by atoms with Crippen molar-refractivity contribution in [1.29, 1.82) is 0 Å². The summed E-state index contributed by atoms with van der Waals surface area (Å²) >= 11 is 5.82. The van der Waals surface area contributed by atoms with Crippen LogP contribution in [0.4, 0.5) is 4.79 Å². The highest BCUT2D eigenvalue weighted by Crippen LogP contribution is 2.33. The highest BCUT2D eigenvalue weighted by molar-refractivity contribution is 6.29. The molecule has 24 heavy (non-hydrogen) atoms.